The number of esters is 1. The van der Waals surface area contributed by atoms with Gasteiger partial charge in [0.1, 0.15) is 6.61 Å². The number of nitrogens with zero attached hydrogens (tertiary/aromatic N) is 2. The maximum absolute atomic E-state index is 14.3. The number of carbonyl (C=O) groups excluding carboxylic acids is 1. The van der Waals surface area contributed by atoms with Gasteiger partial charge in [0.2, 0.25) is 0 Å². The van der Waals surface area contributed by atoms with E-state index in [1.54, 1.807) is 12.1 Å². The van der Waals surface area contributed by atoms with E-state index in [0.717, 1.165) is 15.9 Å². The fourth-order valence-electron chi connectivity index (χ4n) is 4.06. The first-order chi connectivity index (χ1) is 19.0. The lowest BCUT2D eigenvalue weighted by Crippen LogP contribution is -2.41. The summed E-state index contributed by atoms with van der Waals surface area (Å²) in [7, 11) is 1.42. The number of rotatable bonds is 7. The van der Waals surface area contributed by atoms with Crippen LogP contribution in [0.1, 0.15) is 24.1 Å². The largest absolute Gasteiger partial charge is 0.493 e. The molecule has 1 aliphatic rings. The van der Waals surface area contributed by atoms with Gasteiger partial charge in [0.15, 0.2) is 22.0 Å². The first-order valence-electron chi connectivity index (χ1n) is 11.5. The van der Waals surface area contributed by atoms with Crippen molar-refractivity contribution in [1.29, 1.82) is 0 Å². The minimum absolute atomic E-state index is 0.0232. The lowest BCUT2D eigenvalue weighted by atomic mass is 9.95. The molecule has 0 radical (unpaired) electrons. The van der Waals surface area contributed by atoms with E-state index in [2.05, 4.69) is 26.8 Å². The van der Waals surface area contributed by atoms with E-state index < -0.39 is 35.0 Å². The average Bonchev–Trinajstić information content (AvgIpc) is 3.21. The number of halogens is 5. The second kappa shape index (κ2) is 11.9. The summed E-state index contributed by atoms with van der Waals surface area (Å²) in [5.74, 6) is 1.65. The summed E-state index contributed by atoms with van der Waals surface area (Å²) in [5, 5.41) is 0.317. The van der Waals surface area contributed by atoms with Gasteiger partial charge in [-0.2, -0.15) is 13.2 Å². The lowest BCUT2D eigenvalue weighted by molar-refractivity contribution is -0.140. The Labute approximate surface area is 243 Å². The Morgan fingerprint density at radius 3 is 2.60 bits per heavy atom. The van der Waals surface area contributed by atoms with E-state index in [0.29, 0.717) is 20.8 Å². The van der Waals surface area contributed by atoms with Crippen LogP contribution in [0.15, 0.2) is 61.9 Å². The Kier molecular flexibility index (Phi) is 8.77. The first-order valence-corrected chi connectivity index (χ1v) is 13.5. The van der Waals surface area contributed by atoms with Crippen LogP contribution < -0.4 is 24.4 Å². The molecule has 0 bridgehead atoms. The zero-order valence-electron chi connectivity index (χ0n) is 20.8. The van der Waals surface area contributed by atoms with Crippen molar-refractivity contribution in [3.05, 3.63) is 88.0 Å². The van der Waals surface area contributed by atoms with Crippen LogP contribution in [-0.4, -0.2) is 37.0 Å². The molecule has 0 amide bonds. The summed E-state index contributed by atoms with van der Waals surface area (Å²) in [6, 6.07) is 7.56. The zero-order valence-corrected chi connectivity index (χ0v) is 24.0. The summed E-state index contributed by atoms with van der Waals surface area (Å²) >= 11 is 10.1. The molecule has 208 valence electrons. The van der Waals surface area contributed by atoms with E-state index in [1.807, 2.05) is 0 Å². The van der Waals surface area contributed by atoms with E-state index in [4.69, 9.17) is 32.2 Å². The number of hydrogen-bond donors (Lipinski definition) is 0. The maximum atomic E-state index is 14.3. The molecule has 1 atom stereocenters. The molecule has 4 rings (SSSR count). The van der Waals surface area contributed by atoms with Gasteiger partial charge < -0.3 is 14.2 Å². The predicted octanol–water partition coefficient (Wildman–Crippen LogP) is 4.78. The van der Waals surface area contributed by atoms with Crippen LogP contribution in [0.25, 0.3) is 6.08 Å². The Hall–Kier alpha value is -3.53. The molecule has 0 fully saturated rings. The van der Waals surface area contributed by atoms with Crippen molar-refractivity contribution in [2.24, 2.45) is 4.99 Å². The molecule has 0 saturated carbocycles. The van der Waals surface area contributed by atoms with Crippen molar-refractivity contribution < 1.29 is 32.2 Å². The molecule has 3 aromatic rings. The molecule has 0 aliphatic carbocycles. The van der Waals surface area contributed by atoms with Crippen molar-refractivity contribution in [1.82, 2.24) is 4.57 Å². The van der Waals surface area contributed by atoms with Gasteiger partial charge in [-0.3, -0.25) is 9.36 Å². The number of benzene rings is 2. The van der Waals surface area contributed by atoms with Crippen LogP contribution in [-0.2, 0) is 9.53 Å². The molecule has 0 spiro atoms. The van der Waals surface area contributed by atoms with Crippen molar-refractivity contribution in [2.75, 3.05) is 20.3 Å². The van der Waals surface area contributed by atoms with Gasteiger partial charge in [-0.05, 0) is 42.8 Å². The number of ether oxygens (including phenoxy) is 3. The number of carbonyl (C=O) groups is 1. The van der Waals surface area contributed by atoms with Gasteiger partial charge in [-0.1, -0.05) is 56.9 Å². The second-order valence-electron chi connectivity index (χ2n) is 8.13. The molecular formula is C27H19BrClF3N2O5S. The quantitative estimate of drug-likeness (QED) is 0.271. The summed E-state index contributed by atoms with van der Waals surface area (Å²) in [6.45, 7) is 1.18. The highest BCUT2D eigenvalue weighted by molar-refractivity contribution is 9.10. The van der Waals surface area contributed by atoms with Crippen LogP contribution in [0.3, 0.4) is 0 Å². The Morgan fingerprint density at radius 2 is 2.00 bits per heavy atom. The fraction of sp³-hybridized carbons (Fsp3) is 0.222. The number of thiazole rings is 1. The van der Waals surface area contributed by atoms with Gasteiger partial charge in [0.05, 0.1) is 29.9 Å². The van der Waals surface area contributed by atoms with Crippen molar-refractivity contribution in [2.45, 2.75) is 19.1 Å². The Bertz CT molecular complexity index is 1720. The minimum Gasteiger partial charge on any atom is -0.493 e. The smallest absolute Gasteiger partial charge is 0.434 e. The van der Waals surface area contributed by atoms with E-state index in [1.165, 1.54) is 44.4 Å². The summed E-state index contributed by atoms with van der Waals surface area (Å²) < 4.78 is 60.5. The minimum atomic E-state index is -5.02. The predicted molar refractivity (Wildman–Crippen MR) is 147 cm³/mol. The average molecular weight is 656 g/mol. The van der Waals surface area contributed by atoms with E-state index >= 15 is 0 Å². The molecular weight excluding hydrogens is 637 g/mol. The van der Waals surface area contributed by atoms with Crippen LogP contribution in [0, 0.1) is 12.3 Å². The topological polar surface area (TPSA) is 79.1 Å². The highest BCUT2D eigenvalue weighted by atomic mass is 79.9. The second-order valence-corrected chi connectivity index (χ2v) is 10.5. The number of allylic oxidation sites excluding steroid dienone is 1. The molecule has 40 heavy (non-hydrogen) atoms. The lowest BCUT2D eigenvalue weighted by Gasteiger charge is -2.26. The molecule has 0 unspecified atom stereocenters. The number of methoxy groups -OCH3 is 1. The number of terminal acetylenes is 1. The fourth-order valence-corrected chi connectivity index (χ4v) is 5.63. The van der Waals surface area contributed by atoms with Crippen LogP contribution in [0.5, 0.6) is 11.5 Å². The molecule has 0 N–H and O–H groups in total. The van der Waals surface area contributed by atoms with Gasteiger partial charge in [0.25, 0.3) is 5.56 Å². The molecule has 13 heteroatoms. The number of alkyl halides is 3. The van der Waals surface area contributed by atoms with Gasteiger partial charge >= 0.3 is 12.1 Å². The third-order valence-electron chi connectivity index (χ3n) is 5.64. The van der Waals surface area contributed by atoms with Gasteiger partial charge in [-0.15, -0.1) is 6.42 Å². The third kappa shape index (κ3) is 5.82. The van der Waals surface area contributed by atoms with Crippen molar-refractivity contribution in [3.63, 3.8) is 0 Å². The monoisotopic (exact) mass is 654 g/mol. The summed E-state index contributed by atoms with van der Waals surface area (Å²) in [4.78, 5) is 30.2. The van der Waals surface area contributed by atoms with Gasteiger partial charge in [-0.25, -0.2) is 9.79 Å². The molecule has 2 heterocycles. The van der Waals surface area contributed by atoms with Gasteiger partial charge in [0, 0.05) is 15.1 Å². The van der Waals surface area contributed by atoms with Crippen LogP contribution >= 0.6 is 38.9 Å². The highest BCUT2D eigenvalue weighted by Gasteiger charge is 2.45. The van der Waals surface area contributed by atoms with Crippen LogP contribution in [0.4, 0.5) is 13.2 Å². The zero-order chi connectivity index (χ0) is 29.2. The summed E-state index contributed by atoms with van der Waals surface area (Å²) in [6.07, 6.45) is 1.75. The standard InChI is InChI=1S/C27H19BrClF3N2O5S/c1-4-10-39-22-15(11-16(28)13-18(22)37-3)12-19-24(35)34-21(14-6-8-17(29)9-7-14)20(25(36)38-5-2)23(27(30,31)32)33-26(34)40-19/h1,6-9,11-13,21H,5,10H2,2-3H3/b19-12-/t21-/m0/s1. The molecule has 1 aromatic heterocycles. The molecule has 7 nitrogen and oxygen atoms in total. The Balaban J connectivity index is 2.06. The number of hydrogen-bond acceptors (Lipinski definition) is 7. The normalized spacial score (nSPS) is 15.2. The summed E-state index contributed by atoms with van der Waals surface area (Å²) in [5.41, 5.74) is -2.36. The van der Waals surface area contributed by atoms with E-state index in [9.17, 15) is 22.8 Å². The van der Waals surface area contributed by atoms with Crippen molar-refractivity contribution in [3.8, 4) is 23.8 Å². The van der Waals surface area contributed by atoms with Crippen molar-refractivity contribution >= 4 is 50.9 Å². The third-order valence-corrected chi connectivity index (χ3v) is 7.33. The number of aromatic nitrogens is 1. The Morgan fingerprint density at radius 1 is 1.30 bits per heavy atom. The highest BCUT2D eigenvalue weighted by Crippen LogP contribution is 2.39. The maximum Gasteiger partial charge on any atom is 0.434 e. The first kappa shape index (κ1) is 29.5. The molecule has 2 aromatic carbocycles. The van der Waals surface area contributed by atoms with E-state index in [-0.39, 0.29) is 33.9 Å². The molecule has 1 aliphatic heterocycles. The SMILES string of the molecule is C#CCOc1c(/C=c2\sc3n(c2=O)[C@@H](c2ccc(Cl)cc2)C(C(=O)OCC)=C(C(F)(F)F)N=3)cc(Br)cc1OC. The van der Waals surface area contributed by atoms with Crippen LogP contribution in [0.2, 0.25) is 5.02 Å². The number of fused-ring (bicyclic) bond motifs is 1. The molecule has 0 saturated heterocycles.